The SMILES string of the molecule is CC[C@@H](Cl)COP(=O)(OC[C@H](Cl)CC)O/C(C)=C(\C)P(=O)(OC[C@H](Cl)CC)OC[C@@H](Cl)CC. The molecule has 33 heavy (non-hydrogen) atoms. The minimum Gasteiger partial charge on any atom is -0.408 e. The third-order valence-electron chi connectivity index (χ3n) is 4.62. The Morgan fingerprint density at radius 1 is 0.636 bits per heavy atom. The fourth-order valence-corrected chi connectivity index (χ4v) is 5.62. The van der Waals surface area contributed by atoms with Crippen molar-refractivity contribution in [2.75, 3.05) is 26.4 Å². The maximum atomic E-state index is 13.6. The van der Waals surface area contributed by atoms with E-state index in [4.69, 9.17) is 69.0 Å². The van der Waals surface area contributed by atoms with Gasteiger partial charge in [0.2, 0.25) is 0 Å². The molecule has 0 amide bonds. The lowest BCUT2D eigenvalue weighted by atomic mass is 10.4. The standard InChI is InChI=1S/C20H38Cl4O7P2/c1-7-17(21)11-27-32(25,28-12-18(22)8-2)16(6)15(5)31-33(26,29-13-19(23)9-3)30-14-20(24)10-4/h17-20H,7-14H2,1-6H3/b16-15+/t17-,18+,19-,20-,32?/m1/s1. The molecule has 0 N–H and O–H groups in total. The molecule has 0 fully saturated rings. The summed E-state index contributed by atoms with van der Waals surface area (Å²) >= 11 is 24.5. The fraction of sp³-hybridized carbons (Fsp3) is 0.900. The molecule has 0 radical (unpaired) electrons. The van der Waals surface area contributed by atoms with Crippen molar-refractivity contribution in [3.8, 4) is 0 Å². The molecular formula is C20H38Cl4O7P2. The van der Waals surface area contributed by atoms with Crippen LogP contribution in [0.5, 0.6) is 0 Å². The summed E-state index contributed by atoms with van der Waals surface area (Å²) in [6.45, 7) is 10.3. The summed E-state index contributed by atoms with van der Waals surface area (Å²) in [5.74, 6) is 0.0113. The molecule has 0 rings (SSSR count). The molecule has 0 saturated heterocycles. The first-order valence-electron chi connectivity index (χ1n) is 11.1. The Morgan fingerprint density at radius 3 is 1.24 bits per heavy atom. The van der Waals surface area contributed by atoms with E-state index < -0.39 is 26.2 Å². The van der Waals surface area contributed by atoms with Gasteiger partial charge in [0, 0.05) is 0 Å². The molecule has 5 atom stereocenters. The van der Waals surface area contributed by atoms with Crippen LogP contribution in [-0.2, 0) is 31.7 Å². The molecule has 0 aromatic carbocycles. The molecule has 0 bridgehead atoms. The van der Waals surface area contributed by atoms with E-state index >= 15 is 0 Å². The van der Waals surface area contributed by atoms with Crippen molar-refractivity contribution in [2.45, 2.75) is 88.7 Å². The lowest BCUT2D eigenvalue weighted by Crippen LogP contribution is -2.14. The highest BCUT2D eigenvalue weighted by atomic mass is 35.5. The molecule has 0 heterocycles. The predicted molar refractivity (Wildman–Crippen MR) is 138 cm³/mol. The van der Waals surface area contributed by atoms with Gasteiger partial charge in [-0.1, -0.05) is 27.7 Å². The number of hydrogen-bond donors (Lipinski definition) is 0. The molecule has 7 nitrogen and oxygen atoms in total. The average Bonchev–Trinajstić information content (AvgIpc) is 2.81. The van der Waals surface area contributed by atoms with Crippen molar-refractivity contribution < 1.29 is 31.7 Å². The van der Waals surface area contributed by atoms with Crippen LogP contribution in [0.4, 0.5) is 0 Å². The second-order valence-electron chi connectivity index (χ2n) is 7.38. The third kappa shape index (κ3) is 13.8. The lowest BCUT2D eigenvalue weighted by molar-refractivity contribution is 0.133. The van der Waals surface area contributed by atoms with Gasteiger partial charge in [0.15, 0.2) is 0 Å². The monoisotopic (exact) mass is 592 g/mol. The maximum Gasteiger partial charge on any atom is 0.529 e. The molecule has 0 spiro atoms. The zero-order valence-electron chi connectivity index (χ0n) is 20.2. The molecule has 0 aliphatic carbocycles. The minimum atomic E-state index is -4.13. The Balaban J connectivity index is 5.82. The largest absolute Gasteiger partial charge is 0.529 e. The Bertz CT molecular complexity index is 645. The second kappa shape index (κ2) is 17.5. The summed E-state index contributed by atoms with van der Waals surface area (Å²) < 4.78 is 54.5. The van der Waals surface area contributed by atoms with Gasteiger partial charge in [0.05, 0.1) is 53.3 Å². The molecule has 1 unspecified atom stereocenters. The first-order valence-corrected chi connectivity index (χ1v) is 15.8. The Hall–Kier alpha value is 1.00. The predicted octanol–water partition coefficient (Wildman–Crippen LogP) is 8.69. The van der Waals surface area contributed by atoms with Crippen LogP contribution in [0.2, 0.25) is 0 Å². The zero-order valence-corrected chi connectivity index (χ0v) is 25.0. The molecule has 0 saturated carbocycles. The van der Waals surface area contributed by atoms with Crippen LogP contribution in [0, 0.1) is 0 Å². The van der Waals surface area contributed by atoms with Gasteiger partial charge in [-0.05, 0) is 39.5 Å². The summed E-state index contributed by atoms with van der Waals surface area (Å²) in [5, 5.41) is -1.41. The van der Waals surface area contributed by atoms with Crippen LogP contribution in [0.15, 0.2) is 11.1 Å². The quantitative estimate of drug-likeness (QED) is 0.0841. The van der Waals surface area contributed by atoms with Crippen molar-refractivity contribution in [3.05, 3.63) is 11.1 Å². The van der Waals surface area contributed by atoms with Gasteiger partial charge in [-0.25, -0.2) is 4.57 Å². The van der Waals surface area contributed by atoms with E-state index in [1.54, 1.807) is 0 Å². The first kappa shape index (κ1) is 34.0. The van der Waals surface area contributed by atoms with E-state index in [-0.39, 0.29) is 48.3 Å². The van der Waals surface area contributed by atoms with E-state index in [2.05, 4.69) is 0 Å². The number of rotatable bonds is 19. The number of halogens is 4. The third-order valence-corrected chi connectivity index (χ3v) is 9.90. The van der Waals surface area contributed by atoms with Crippen LogP contribution in [0.3, 0.4) is 0 Å². The highest BCUT2D eigenvalue weighted by Gasteiger charge is 2.36. The molecule has 0 aromatic rings. The fourth-order valence-electron chi connectivity index (χ4n) is 1.92. The maximum absolute atomic E-state index is 13.6. The van der Waals surface area contributed by atoms with E-state index in [0.29, 0.717) is 25.7 Å². The topological polar surface area (TPSA) is 80.3 Å². The minimum absolute atomic E-state index is 0.0113. The van der Waals surface area contributed by atoms with Crippen LogP contribution in [0.25, 0.3) is 0 Å². The van der Waals surface area contributed by atoms with Crippen molar-refractivity contribution in [3.63, 3.8) is 0 Å². The van der Waals surface area contributed by atoms with Crippen LogP contribution in [0.1, 0.15) is 67.2 Å². The Kier molecular flexibility index (Phi) is 18.0. The van der Waals surface area contributed by atoms with Crippen molar-refractivity contribution in [2.24, 2.45) is 0 Å². The van der Waals surface area contributed by atoms with Gasteiger partial charge in [0.1, 0.15) is 5.76 Å². The number of allylic oxidation sites excluding steroid dienone is 2. The van der Waals surface area contributed by atoms with Crippen molar-refractivity contribution in [1.82, 2.24) is 0 Å². The van der Waals surface area contributed by atoms with Gasteiger partial charge in [-0.2, -0.15) is 0 Å². The van der Waals surface area contributed by atoms with E-state index in [1.807, 2.05) is 27.7 Å². The number of phosphoric acid groups is 1. The van der Waals surface area contributed by atoms with E-state index in [1.165, 1.54) is 13.8 Å². The molecule has 0 aromatic heterocycles. The van der Waals surface area contributed by atoms with E-state index in [9.17, 15) is 9.13 Å². The smallest absolute Gasteiger partial charge is 0.408 e. The van der Waals surface area contributed by atoms with Gasteiger partial charge in [0.25, 0.3) is 0 Å². The van der Waals surface area contributed by atoms with Gasteiger partial charge >= 0.3 is 15.4 Å². The number of hydrogen-bond acceptors (Lipinski definition) is 7. The molecule has 198 valence electrons. The summed E-state index contributed by atoms with van der Waals surface area (Å²) in [4.78, 5) is 0. The van der Waals surface area contributed by atoms with Gasteiger partial charge in [-0.3, -0.25) is 13.6 Å². The Morgan fingerprint density at radius 2 is 0.939 bits per heavy atom. The van der Waals surface area contributed by atoms with Gasteiger partial charge < -0.3 is 13.6 Å². The summed E-state index contributed by atoms with van der Waals surface area (Å²) in [6, 6.07) is 0. The van der Waals surface area contributed by atoms with Crippen LogP contribution in [-0.4, -0.2) is 47.9 Å². The van der Waals surface area contributed by atoms with Crippen molar-refractivity contribution in [1.29, 1.82) is 0 Å². The normalized spacial score (nSPS) is 18.7. The number of alkyl halides is 4. The van der Waals surface area contributed by atoms with Crippen LogP contribution >= 0.6 is 61.8 Å². The average molecular weight is 594 g/mol. The zero-order chi connectivity index (χ0) is 25.7. The molecule has 0 aliphatic heterocycles. The lowest BCUT2D eigenvalue weighted by Gasteiger charge is -2.25. The van der Waals surface area contributed by atoms with Gasteiger partial charge in [-0.15, -0.1) is 46.4 Å². The van der Waals surface area contributed by atoms with Crippen molar-refractivity contribution >= 4 is 61.8 Å². The summed E-state index contributed by atoms with van der Waals surface area (Å²) in [5.41, 5.74) is 0. The summed E-state index contributed by atoms with van der Waals surface area (Å²) in [7, 11) is -8.00. The molecule has 13 heteroatoms. The van der Waals surface area contributed by atoms with E-state index in [0.717, 1.165) is 0 Å². The second-order valence-corrected chi connectivity index (χ2v) is 13.6. The number of phosphoric ester groups is 1. The molecular weight excluding hydrogens is 556 g/mol. The first-order chi connectivity index (χ1) is 15.4. The Labute approximate surface area is 219 Å². The highest BCUT2D eigenvalue weighted by molar-refractivity contribution is 7.58. The molecule has 0 aliphatic rings. The van der Waals surface area contributed by atoms with Crippen LogP contribution < -0.4 is 0 Å². The summed E-state index contributed by atoms with van der Waals surface area (Å²) in [6.07, 6.45) is 2.40. The highest BCUT2D eigenvalue weighted by Crippen LogP contribution is 2.60.